The molecule has 0 unspecified atom stereocenters. The lowest BCUT2D eigenvalue weighted by Gasteiger charge is -2.45. The Hall–Kier alpha value is -2.07. The highest BCUT2D eigenvalue weighted by Crippen LogP contribution is 2.43. The first-order valence-electron chi connectivity index (χ1n) is 8.39. The Morgan fingerprint density at radius 1 is 1.35 bits per heavy atom. The lowest BCUT2D eigenvalue weighted by Crippen LogP contribution is -2.51. The van der Waals surface area contributed by atoms with Crippen molar-refractivity contribution in [2.24, 2.45) is 0 Å². The molecule has 0 bridgehead atoms. The zero-order valence-electron chi connectivity index (χ0n) is 13.2. The summed E-state index contributed by atoms with van der Waals surface area (Å²) in [5, 5.41) is 11.1. The van der Waals surface area contributed by atoms with Gasteiger partial charge in [0.25, 0.3) is 0 Å². The molecule has 2 atom stereocenters. The molecular formula is C19H22N2O2. The molecule has 1 N–H and O–H groups in total. The average Bonchev–Trinajstić information content (AvgIpc) is 2.89. The van der Waals surface area contributed by atoms with Crippen LogP contribution in [0.15, 0.2) is 36.9 Å². The van der Waals surface area contributed by atoms with Gasteiger partial charge in [0.1, 0.15) is 0 Å². The molecule has 4 rings (SSSR count). The molecule has 1 saturated heterocycles. The molecule has 4 heteroatoms. The summed E-state index contributed by atoms with van der Waals surface area (Å²) in [6.45, 7) is 4.68. The summed E-state index contributed by atoms with van der Waals surface area (Å²) >= 11 is 0. The van der Waals surface area contributed by atoms with Gasteiger partial charge in [-0.1, -0.05) is 24.3 Å². The van der Waals surface area contributed by atoms with Crippen LogP contribution in [0.4, 0.5) is 0 Å². The van der Waals surface area contributed by atoms with Crippen molar-refractivity contribution in [2.75, 3.05) is 6.61 Å². The Balaban J connectivity index is 1.97. The van der Waals surface area contributed by atoms with Gasteiger partial charge >= 0.3 is 0 Å². The highest BCUT2D eigenvalue weighted by Gasteiger charge is 2.41. The minimum atomic E-state index is -0.0942. The average molecular weight is 310 g/mol. The van der Waals surface area contributed by atoms with E-state index in [0.29, 0.717) is 6.42 Å². The molecule has 1 aromatic heterocycles. The molecule has 2 aromatic rings. The van der Waals surface area contributed by atoms with E-state index in [-0.39, 0.29) is 24.6 Å². The Morgan fingerprint density at radius 2 is 2.17 bits per heavy atom. The quantitative estimate of drug-likeness (QED) is 0.886. The van der Waals surface area contributed by atoms with Crippen molar-refractivity contribution in [3.8, 4) is 0 Å². The van der Waals surface area contributed by atoms with Crippen LogP contribution in [0.5, 0.6) is 0 Å². The summed E-state index contributed by atoms with van der Waals surface area (Å²) in [6.07, 6.45) is 5.15. The molecule has 120 valence electrons. The number of amides is 1. The Kier molecular flexibility index (Phi) is 3.49. The van der Waals surface area contributed by atoms with Crippen LogP contribution in [0.25, 0.3) is 10.9 Å². The lowest BCUT2D eigenvalue weighted by atomic mass is 9.86. The molecule has 1 aromatic carbocycles. The van der Waals surface area contributed by atoms with Crippen LogP contribution in [-0.4, -0.2) is 33.1 Å². The van der Waals surface area contributed by atoms with Gasteiger partial charge in [-0.2, -0.15) is 0 Å². The van der Waals surface area contributed by atoms with Crippen LogP contribution in [0, 0.1) is 0 Å². The fourth-order valence-electron chi connectivity index (χ4n) is 4.42. The fourth-order valence-corrected chi connectivity index (χ4v) is 4.42. The number of carbonyl (C=O) groups excluding carboxylic acids is 1. The summed E-state index contributed by atoms with van der Waals surface area (Å²) < 4.78 is 2.31. The molecule has 23 heavy (non-hydrogen) atoms. The van der Waals surface area contributed by atoms with Crippen LogP contribution >= 0.6 is 0 Å². The summed E-state index contributed by atoms with van der Waals surface area (Å²) in [4.78, 5) is 14.4. The second kappa shape index (κ2) is 5.53. The van der Waals surface area contributed by atoms with Gasteiger partial charge in [-0.3, -0.25) is 4.79 Å². The number of para-hydroxylation sites is 1. The van der Waals surface area contributed by atoms with Crippen molar-refractivity contribution < 1.29 is 9.90 Å². The summed E-state index contributed by atoms with van der Waals surface area (Å²) in [7, 11) is 0. The predicted octanol–water partition coefficient (Wildman–Crippen LogP) is 2.80. The number of aliphatic hydroxyl groups excluding tert-OH is 1. The molecule has 2 aliphatic heterocycles. The van der Waals surface area contributed by atoms with Crippen LogP contribution in [0.1, 0.15) is 36.6 Å². The van der Waals surface area contributed by atoms with E-state index in [9.17, 15) is 9.90 Å². The molecule has 3 heterocycles. The number of hydrogen-bond acceptors (Lipinski definition) is 2. The van der Waals surface area contributed by atoms with Crippen molar-refractivity contribution in [3.63, 3.8) is 0 Å². The Bertz CT molecular complexity index is 777. The third kappa shape index (κ3) is 2.05. The first-order chi connectivity index (χ1) is 11.3. The van der Waals surface area contributed by atoms with E-state index in [0.717, 1.165) is 25.8 Å². The van der Waals surface area contributed by atoms with Crippen LogP contribution < -0.4 is 0 Å². The largest absolute Gasteiger partial charge is 0.394 e. The Morgan fingerprint density at radius 3 is 2.96 bits per heavy atom. The molecule has 2 aliphatic rings. The summed E-state index contributed by atoms with van der Waals surface area (Å²) in [5.41, 5.74) is 3.76. The highest BCUT2D eigenvalue weighted by molar-refractivity contribution is 5.87. The van der Waals surface area contributed by atoms with Gasteiger partial charge in [-0.25, -0.2) is 0 Å². The van der Waals surface area contributed by atoms with Gasteiger partial charge < -0.3 is 14.6 Å². The van der Waals surface area contributed by atoms with E-state index in [1.807, 2.05) is 11.0 Å². The first-order valence-corrected chi connectivity index (χ1v) is 8.39. The van der Waals surface area contributed by atoms with E-state index in [1.165, 1.54) is 22.2 Å². The number of benzene rings is 1. The number of aliphatic hydroxyl groups is 1. The van der Waals surface area contributed by atoms with E-state index in [1.54, 1.807) is 0 Å². The minimum absolute atomic E-state index is 0.0304. The molecule has 0 aliphatic carbocycles. The van der Waals surface area contributed by atoms with Gasteiger partial charge in [-0.15, -0.1) is 6.58 Å². The van der Waals surface area contributed by atoms with E-state index in [2.05, 4.69) is 35.4 Å². The first kappa shape index (κ1) is 14.5. The van der Waals surface area contributed by atoms with Gasteiger partial charge in [0.15, 0.2) is 0 Å². The third-order valence-corrected chi connectivity index (χ3v) is 5.28. The standard InChI is InChI=1S/C19H22N2O2/c1-2-10-20-16-7-4-3-6-14(16)15-11-13(12-22)21-17(19(15)20)8-5-9-18(21)23/h2-4,6-7,13,17,22H,1,5,8-12H2/t13-,17+/m1/s1. The van der Waals surface area contributed by atoms with Crippen LogP contribution in [0.3, 0.4) is 0 Å². The molecule has 0 spiro atoms. The zero-order valence-corrected chi connectivity index (χ0v) is 13.2. The molecule has 0 radical (unpaired) electrons. The van der Waals surface area contributed by atoms with E-state index < -0.39 is 0 Å². The second-order valence-electron chi connectivity index (χ2n) is 6.53. The van der Waals surface area contributed by atoms with Crippen LogP contribution in [-0.2, 0) is 17.8 Å². The monoisotopic (exact) mass is 310 g/mol. The van der Waals surface area contributed by atoms with Crippen molar-refractivity contribution in [2.45, 2.75) is 44.3 Å². The third-order valence-electron chi connectivity index (χ3n) is 5.28. The number of rotatable bonds is 3. The van der Waals surface area contributed by atoms with E-state index in [4.69, 9.17) is 0 Å². The highest BCUT2D eigenvalue weighted by atomic mass is 16.3. The fraction of sp³-hybridized carbons (Fsp3) is 0.421. The van der Waals surface area contributed by atoms with Gasteiger partial charge in [-0.05, 0) is 30.9 Å². The number of carbonyl (C=O) groups is 1. The summed E-state index contributed by atoms with van der Waals surface area (Å²) in [5.74, 6) is 0.182. The smallest absolute Gasteiger partial charge is 0.223 e. The van der Waals surface area contributed by atoms with Gasteiger partial charge in [0.05, 0.1) is 18.7 Å². The number of hydrogen-bond donors (Lipinski definition) is 1. The van der Waals surface area contributed by atoms with Gasteiger partial charge in [0, 0.05) is 29.6 Å². The SMILES string of the molecule is C=CCn1c2c(c3ccccc31)C[C@H](CO)N1C(=O)CCC[C@@H]21. The molecule has 4 nitrogen and oxygen atoms in total. The van der Waals surface area contributed by atoms with Gasteiger partial charge in [0.2, 0.25) is 5.91 Å². The number of nitrogens with zero attached hydrogens (tertiary/aromatic N) is 2. The molecule has 1 amide bonds. The lowest BCUT2D eigenvalue weighted by molar-refractivity contribution is -0.142. The maximum atomic E-state index is 12.5. The number of piperidine rings is 1. The maximum Gasteiger partial charge on any atom is 0.223 e. The number of allylic oxidation sites excluding steroid dienone is 1. The Labute approximate surface area is 136 Å². The zero-order chi connectivity index (χ0) is 16.0. The number of fused-ring (bicyclic) bond motifs is 5. The van der Waals surface area contributed by atoms with E-state index >= 15 is 0 Å². The topological polar surface area (TPSA) is 45.5 Å². The van der Waals surface area contributed by atoms with Crippen molar-refractivity contribution in [3.05, 3.63) is 48.2 Å². The van der Waals surface area contributed by atoms with Crippen molar-refractivity contribution >= 4 is 16.8 Å². The maximum absolute atomic E-state index is 12.5. The normalized spacial score (nSPS) is 23.7. The minimum Gasteiger partial charge on any atom is -0.394 e. The molecule has 1 fully saturated rings. The second-order valence-corrected chi connectivity index (χ2v) is 6.53. The molecule has 0 saturated carbocycles. The van der Waals surface area contributed by atoms with Crippen LogP contribution in [0.2, 0.25) is 0 Å². The molecular weight excluding hydrogens is 288 g/mol. The summed E-state index contributed by atoms with van der Waals surface area (Å²) in [6, 6.07) is 8.41. The van der Waals surface area contributed by atoms with Crippen molar-refractivity contribution in [1.29, 1.82) is 0 Å². The predicted molar refractivity (Wildman–Crippen MR) is 90.2 cm³/mol. The van der Waals surface area contributed by atoms with Crippen molar-refractivity contribution in [1.82, 2.24) is 9.47 Å². The number of aromatic nitrogens is 1.